The number of dihydropyridines is 1. The molecule has 22 heavy (non-hydrogen) atoms. The SMILES string of the molecule is COC(=O)C(C)SC1=C(C)C=NC2=[N+](C)C(=O)N(C)C(=O)C12. The molecule has 0 aliphatic carbocycles. The van der Waals surface area contributed by atoms with Gasteiger partial charge < -0.3 is 4.74 Å². The van der Waals surface area contributed by atoms with Crippen molar-refractivity contribution in [3.05, 3.63) is 10.5 Å². The number of esters is 1. The number of carbonyl (C=O) groups is 3. The van der Waals surface area contributed by atoms with Gasteiger partial charge in [0.1, 0.15) is 11.5 Å². The second-order valence-electron chi connectivity index (χ2n) is 5.12. The lowest BCUT2D eigenvalue weighted by molar-refractivity contribution is -0.407. The average molecular weight is 324 g/mol. The molecule has 0 radical (unpaired) electrons. The van der Waals surface area contributed by atoms with Crippen molar-refractivity contribution in [2.24, 2.45) is 10.9 Å². The summed E-state index contributed by atoms with van der Waals surface area (Å²) in [5, 5.41) is -0.455. The van der Waals surface area contributed by atoms with Gasteiger partial charge in [0.25, 0.3) is 5.84 Å². The molecule has 0 aromatic rings. The molecule has 118 valence electrons. The van der Waals surface area contributed by atoms with Gasteiger partial charge in [-0.15, -0.1) is 16.8 Å². The van der Waals surface area contributed by atoms with Crippen LogP contribution in [0.15, 0.2) is 15.5 Å². The van der Waals surface area contributed by atoms with Crippen molar-refractivity contribution in [1.29, 1.82) is 0 Å². The monoisotopic (exact) mass is 324 g/mol. The Morgan fingerprint density at radius 3 is 2.73 bits per heavy atom. The van der Waals surface area contributed by atoms with Gasteiger partial charge in [-0.2, -0.15) is 9.48 Å². The van der Waals surface area contributed by atoms with E-state index in [1.165, 1.54) is 30.5 Å². The van der Waals surface area contributed by atoms with Gasteiger partial charge in [0.05, 0.1) is 21.2 Å². The molecule has 0 fully saturated rings. The summed E-state index contributed by atoms with van der Waals surface area (Å²) in [6, 6.07) is -0.418. The van der Waals surface area contributed by atoms with E-state index in [9.17, 15) is 14.4 Å². The highest BCUT2D eigenvalue weighted by atomic mass is 32.2. The number of hydrogen-bond donors (Lipinski definition) is 0. The van der Waals surface area contributed by atoms with Crippen LogP contribution in [0.5, 0.6) is 0 Å². The molecule has 2 aliphatic rings. The average Bonchev–Trinajstić information content (AvgIpc) is 2.51. The molecule has 2 unspecified atom stereocenters. The number of rotatable bonds is 3. The van der Waals surface area contributed by atoms with Crippen LogP contribution in [0, 0.1) is 5.92 Å². The third-order valence-electron chi connectivity index (χ3n) is 3.63. The second-order valence-corrected chi connectivity index (χ2v) is 6.50. The fourth-order valence-corrected chi connectivity index (χ4v) is 3.48. The molecule has 0 N–H and O–H groups in total. The Kier molecular flexibility index (Phi) is 4.50. The van der Waals surface area contributed by atoms with Crippen LogP contribution in [0.1, 0.15) is 13.8 Å². The number of urea groups is 1. The molecule has 2 aliphatic heterocycles. The lowest BCUT2D eigenvalue weighted by Gasteiger charge is -2.28. The van der Waals surface area contributed by atoms with E-state index in [1.54, 1.807) is 20.2 Å². The van der Waals surface area contributed by atoms with Gasteiger partial charge >= 0.3 is 17.9 Å². The number of fused-ring (bicyclic) bond motifs is 1. The number of amides is 3. The molecule has 0 saturated heterocycles. The predicted molar refractivity (Wildman–Crippen MR) is 83.1 cm³/mol. The number of thioether (sulfide) groups is 1. The Morgan fingerprint density at radius 1 is 1.50 bits per heavy atom. The summed E-state index contributed by atoms with van der Waals surface area (Å²) in [5.41, 5.74) is 0.805. The first-order valence-electron chi connectivity index (χ1n) is 6.71. The van der Waals surface area contributed by atoms with Crippen LogP contribution >= 0.6 is 11.8 Å². The third kappa shape index (κ3) is 2.58. The van der Waals surface area contributed by atoms with Crippen molar-refractivity contribution >= 4 is 41.7 Å². The van der Waals surface area contributed by atoms with Gasteiger partial charge in [-0.3, -0.25) is 9.59 Å². The fourth-order valence-electron chi connectivity index (χ4n) is 2.33. The molecule has 3 amide bonds. The van der Waals surface area contributed by atoms with Crippen molar-refractivity contribution in [1.82, 2.24) is 4.90 Å². The van der Waals surface area contributed by atoms with Gasteiger partial charge in [-0.05, 0) is 19.4 Å². The smallest absolute Gasteiger partial charge is 0.445 e. The molecule has 2 atom stereocenters. The minimum Gasteiger partial charge on any atom is -0.468 e. The Labute approximate surface area is 132 Å². The maximum Gasteiger partial charge on any atom is 0.445 e. The lowest BCUT2D eigenvalue weighted by Crippen LogP contribution is -2.52. The topological polar surface area (TPSA) is 79.0 Å². The molecule has 0 aromatic carbocycles. The number of allylic oxidation sites excluding steroid dienone is 1. The number of carbonyl (C=O) groups excluding carboxylic acids is 3. The van der Waals surface area contributed by atoms with Gasteiger partial charge in [0.2, 0.25) is 0 Å². The van der Waals surface area contributed by atoms with Crippen LogP contribution in [0.2, 0.25) is 0 Å². The first-order chi connectivity index (χ1) is 10.3. The number of nitrogens with zero attached hydrogens (tertiary/aromatic N) is 3. The van der Waals surface area contributed by atoms with Crippen LogP contribution in [0.25, 0.3) is 0 Å². The highest BCUT2D eigenvalue weighted by molar-refractivity contribution is 8.04. The van der Waals surface area contributed by atoms with Crippen molar-refractivity contribution in [2.75, 3.05) is 21.2 Å². The minimum atomic E-state index is -0.658. The molecule has 0 saturated carbocycles. The Morgan fingerprint density at radius 2 is 2.14 bits per heavy atom. The van der Waals surface area contributed by atoms with Crippen molar-refractivity contribution < 1.29 is 23.7 Å². The summed E-state index contributed by atoms with van der Waals surface area (Å²) in [7, 11) is 4.35. The third-order valence-corrected chi connectivity index (χ3v) is 4.99. The fraction of sp³-hybridized carbons (Fsp3) is 0.500. The molecule has 0 bridgehead atoms. The van der Waals surface area contributed by atoms with Crippen LogP contribution in [0.3, 0.4) is 0 Å². The summed E-state index contributed by atoms with van der Waals surface area (Å²) in [6.07, 6.45) is 1.61. The lowest BCUT2D eigenvalue weighted by atomic mass is 9.99. The zero-order chi connectivity index (χ0) is 16.6. The Balaban J connectivity index is 2.45. The van der Waals surface area contributed by atoms with E-state index < -0.39 is 17.2 Å². The van der Waals surface area contributed by atoms with E-state index in [-0.39, 0.29) is 11.9 Å². The molecule has 0 aromatic heterocycles. The van der Waals surface area contributed by atoms with Crippen LogP contribution in [-0.4, -0.2) is 65.9 Å². The van der Waals surface area contributed by atoms with Gasteiger partial charge in [-0.25, -0.2) is 4.79 Å². The van der Waals surface area contributed by atoms with E-state index in [4.69, 9.17) is 4.74 Å². The number of ether oxygens (including phenoxy) is 1. The number of methoxy groups -OCH3 is 1. The highest BCUT2D eigenvalue weighted by Crippen LogP contribution is 2.36. The second kappa shape index (κ2) is 6.04. The van der Waals surface area contributed by atoms with E-state index >= 15 is 0 Å². The van der Waals surface area contributed by atoms with E-state index in [0.29, 0.717) is 5.84 Å². The molecular formula is C14H18N3O4S+. The van der Waals surface area contributed by atoms with Crippen LogP contribution in [0.4, 0.5) is 4.79 Å². The first-order valence-corrected chi connectivity index (χ1v) is 7.59. The maximum atomic E-state index is 12.5. The zero-order valence-corrected chi connectivity index (χ0v) is 13.9. The number of amidine groups is 1. The molecular weight excluding hydrogens is 306 g/mol. The highest BCUT2D eigenvalue weighted by Gasteiger charge is 2.48. The standard InChI is InChI=1S/C14H18N3O4S/c1-7-6-15-11-9(10(7)22-8(2)13(19)21-5)12(18)17(4)14(20)16(11)3/h6,8-9H,1-5H3/q+1. The normalized spacial score (nSPS) is 23.0. The number of aliphatic imine (C=N–C) groups is 1. The van der Waals surface area contributed by atoms with E-state index in [0.717, 1.165) is 15.4 Å². The molecule has 8 heteroatoms. The molecule has 2 rings (SSSR count). The maximum absolute atomic E-state index is 12.5. The Bertz CT molecular complexity index is 650. The Hall–Kier alpha value is -1.96. The number of imide groups is 1. The van der Waals surface area contributed by atoms with Gasteiger partial charge in [0.15, 0.2) is 5.92 Å². The van der Waals surface area contributed by atoms with E-state index in [1.807, 2.05) is 6.92 Å². The molecule has 2 heterocycles. The summed E-state index contributed by atoms with van der Waals surface area (Å²) >= 11 is 1.26. The first kappa shape index (κ1) is 16.4. The van der Waals surface area contributed by atoms with Crippen LogP contribution < -0.4 is 0 Å². The summed E-state index contributed by atoms with van der Waals surface area (Å²) in [4.78, 5) is 42.2. The van der Waals surface area contributed by atoms with Gasteiger partial charge in [-0.1, -0.05) is 0 Å². The summed E-state index contributed by atoms with van der Waals surface area (Å²) < 4.78 is 6.09. The van der Waals surface area contributed by atoms with Crippen molar-refractivity contribution in [3.63, 3.8) is 0 Å². The van der Waals surface area contributed by atoms with Crippen molar-refractivity contribution in [2.45, 2.75) is 19.1 Å². The van der Waals surface area contributed by atoms with Crippen molar-refractivity contribution in [3.8, 4) is 0 Å². The van der Waals surface area contributed by atoms with E-state index in [2.05, 4.69) is 4.99 Å². The summed E-state index contributed by atoms with van der Waals surface area (Å²) in [5.74, 6) is -0.975. The number of hydrogen-bond acceptors (Lipinski definition) is 6. The predicted octanol–water partition coefficient (Wildman–Crippen LogP) is 0.888. The summed E-state index contributed by atoms with van der Waals surface area (Å²) in [6.45, 7) is 3.55. The van der Waals surface area contributed by atoms with Gasteiger partial charge in [0, 0.05) is 4.91 Å². The molecule has 0 spiro atoms. The largest absolute Gasteiger partial charge is 0.468 e. The molecule has 7 nitrogen and oxygen atoms in total. The zero-order valence-electron chi connectivity index (χ0n) is 13.1. The minimum absolute atomic E-state index is 0.339. The van der Waals surface area contributed by atoms with Crippen LogP contribution in [-0.2, 0) is 14.3 Å². The quantitative estimate of drug-likeness (QED) is 0.569.